The molecule has 112 valence electrons. The molecule has 0 N–H and O–H groups in total. The molecule has 19 heavy (non-hydrogen) atoms. The molecular weight excluding hydrogens is 1770 g/mol. The summed E-state index contributed by atoms with van der Waals surface area (Å²) in [7, 11) is 0. The van der Waals surface area contributed by atoms with E-state index in [1.54, 1.807) is 23.3 Å². The molecule has 0 rings (SSSR count). The maximum absolute atomic E-state index is 3.28. The van der Waals surface area contributed by atoms with Gasteiger partial charge in [-0.25, -0.2) is 0 Å². The molecule has 0 aliphatic carbocycles. The van der Waals surface area contributed by atoms with Crippen molar-refractivity contribution >= 4 is 3.90 Å². The summed E-state index contributed by atoms with van der Waals surface area (Å²) in [5.41, 5.74) is 1.43. The second-order valence-corrected chi connectivity index (χ2v) is 4.92. The molecule has 0 radical (unpaired) electrons. The zero-order valence-corrected chi connectivity index (χ0v) is 37.7. The second kappa shape index (κ2) is 35.0. The van der Waals surface area contributed by atoms with Gasteiger partial charge in [-0.2, -0.15) is 0 Å². The van der Waals surface area contributed by atoms with Gasteiger partial charge in [-0.1, -0.05) is 0 Å². The van der Waals surface area contributed by atoms with Crippen molar-refractivity contribution in [2.24, 2.45) is 11.8 Å². The normalized spacial score (nSPS) is 7.42. The molecule has 0 aromatic carbocycles. The molecule has 0 aromatic rings. The van der Waals surface area contributed by atoms with Crippen molar-refractivity contribution in [3.8, 4) is 0 Å². The van der Waals surface area contributed by atoms with Gasteiger partial charge in [0.1, 0.15) is 0 Å². The maximum Gasteiger partial charge on any atom is 0 e. The molecule has 0 saturated heterocycles. The molecule has 0 nitrogen and oxygen atoms in total. The number of hydrogen-bond donors (Lipinski definition) is 0. The zero-order chi connectivity index (χ0) is 9.02. The first kappa shape index (κ1) is 56.3. The third-order valence-corrected chi connectivity index (χ3v) is 4.12. The fraction of sp³-hybridized carbons (Fsp3) is 0.700. The Morgan fingerprint density at radius 1 is 0.684 bits per heavy atom. The van der Waals surface area contributed by atoms with Crippen LogP contribution >= 0.6 is 0 Å². The maximum atomic E-state index is 3.28. The van der Waals surface area contributed by atoms with E-state index in [-0.39, 0.29) is 169 Å². The smallest absolute Gasteiger partial charge is 0 e. The van der Waals surface area contributed by atoms with E-state index in [0.29, 0.717) is 11.8 Å². The topological polar surface area (TPSA) is 0 Å². The molecule has 0 aromatic heterocycles. The predicted octanol–water partition coefficient (Wildman–Crippen LogP) is 2.75. The van der Waals surface area contributed by atoms with E-state index in [2.05, 4.69) is 33.8 Å². The number of hydrogen-bond acceptors (Lipinski definition) is 0. The minimum atomic E-state index is 0. The van der Waals surface area contributed by atoms with Gasteiger partial charge in [0, 0.05) is 169 Å². The molecule has 0 heterocycles. The SMILES string of the molecule is C[C-]=C([C](=[W])C(C)C)C(C)C.[W].[W].[W].[W].[W].[W].[W].[W]. The summed E-state index contributed by atoms with van der Waals surface area (Å²) in [4.78, 5) is 0. The first-order valence-corrected chi connectivity index (χ1v) is 5.56. The number of allylic oxidation sites excluding steroid dienone is 2. The molecule has 0 aliphatic heterocycles. The van der Waals surface area contributed by atoms with Gasteiger partial charge in [-0.05, 0) is 0 Å². The Kier molecular flexibility index (Phi) is 104. The van der Waals surface area contributed by atoms with Gasteiger partial charge in [0.2, 0.25) is 0 Å². The van der Waals surface area contributed by atoms with E-state index < -0.39 is 0 Å². The Balaban J connectivity index is -0.0000000179. The zero-order valence-electron chi connectivity index (χ0n) is 11.3. The third-order valence-electron chi connectivity index (χ3n) is 1.64. The minimum Gasteiger partial charge on any atom is 0 e. The third kappa shape index (κ3) is 28.9. The van der Waals surface area contributed by atoms with Crippen molar-refractivity contribution in [1.29, 1.82) is 0 Å². The minimum absolute atomic E-state index is 0. The summed E-state index contributed by atoms with van der Waals surface area (Å²) in [5.74, 6) is 1.32. The molecule has 0 fully saturated rings. The van der Waals surface area contributed by atoms with Gasteiger partial charge in [0.15, 0.2) is 0 Å². The molecule has 0 unspecified atom stereocenters. The summed E-state index contributed by atoms with van der Waals surface area (Å²) in [5, 5.41) is 0. The largest absolute Gasteiger partial charge is 0 e. The van der Waals surface area contributed by atoms with Gasteiger partial charge in [0.05, 0.1) is 0 Å². The van der Waals surface area contributed by atoms with E-state index in [9.17, 15) is 0 Å². The van der Waals surface area contributed by atoms with Crippen LogP contribution < -0.4 is 0 Å². The fourth-order valence-electron chi connectivity index (χ4n) is 1.01. The molecular formula is C10H17W9-. The van der Waals surface area contributed by atoms with Crippen molar-refractivity contribution in [2.45, 2.75) is 34.6 Å². The van der Waals surface area contributed by atoms with Crippen LogP contribution in [0, 0.1) is 17.9 Å². The Morgan fingerprint density at radius 2 is 0.947 bits per heavy atom. The Labute approximate surface area is 245 Å². The monoisotopic (exact) mass is 1790 g/mol. The fourth-order valence-corrected chi connectivity index (χ4v) is 2.22. The van der Waals surface area contributed by atoms with Crippen LogP contribution in [0.3, 0.4) is 0 Å². The van der Waals surface area contributed by atoms with Crippen molar-refractivity contribution in [3.05, 3.63) is 11.6 Å². The summed E-state index contributed by atoms with van der Waals surface area (Å²) < 4.78 is 1.56. The van der Waals surface area contributed by atoms with Crippen molar-refractivity contribution in [1.82, 2.24) is 0 Å². The summed E-state index contributed by atoms with van der Waals surface area (Å²) in [6, 6.07) is 0. The molecule has 0 saturated carbocycles. The second-order valence-electron chi connectivity index (χ2n) is 3.34. The molecule has 0 bridgehead atoms. The van der Waals surface area contributed by atoms with Gasteiger partial charge in [0.25, 0.3) is 0 Å². The summed E-state index contributed by atoms with van der Waals surface area (Å²) in [6.07, 6.45) is 3.28. The molecule has 0 aliphatic rings. The summed E-state index contributed by atoms with van der Waals surface area (Å²) >= 11 is 1.59. The van der Waals surface area contributed by atoms with Crippen LogP contribution in [0.25, 0.3) is 0 Å². The van der Waals surface area contributed by atoms with Gasteiger partial charge >= 0.3 is 81.4 Å². The van der Waals surface area contributed by atoms with Crippen LogP contribution in [0.5, 0.6) is 0 Å². The van der Waals surface area contributed by atoms with Crippen LogP contribution in [-0.2, 0) is 188 Å². The van der Waals surface area contributed by atoms with Gasteiger partial charge in [-0.3, -0.25) is 0 Å². The van der Waals surface area contributed by atoms with Crippen LogP contribution in [0.4, 0.5) is 0 Å². The molecule has 9 heteroatoms. The first-order chi connectivity index (χ1) is 5.00. The van der Waals surface area contributed by atoms with Crippen LogP contribution in [-0.4, -0.2) is 3.90 Å². The van der Waals surface area contributed by atoms with E-state index >= 15 is 0 Å². The molecule has 0 spiro atoms. The van der Waals surface area contributed by atoms with E-state index in [0.717, 1.165) is 0 Å². The standard InChI is InChI=1S/C10H17.9W/c1-6-10(9(4)5)7-8(2)3;;;;;;;;;/h8-9H,1-5H3;;;;;;;;;/q-1;;;;;;;;;. The molecule has 0 amide bonds. The van der Waals surface area contributed by atoms with E-state index in [4.69, 9.17) is 0 Å². The Morgan fingerprint density at radius 3 is 1.00 bits per heavy atom. The van der Waals surface area contributed by atoms with Crippen molar-refractivity contribution < 1.29 is 188 Å². The first-order valence-electron chi connectivity index (χ1n) is 4.09. The number of rotatable bonds is 3. The Bertz CT molecular complexity index is 178. The van der Waals surface area contributed by atoms with E-state index in [1.165, 1.54) is 5.57 Å². The molecule has 0 atom stereocenters. The Hall–Kier alpha value is 5.80. The van der Waals surface area contributed by atoms with Crippen LogP contribution in [0.15, 0.2) is 5.57 Å². The van der Waals surface area contributed by atoms with Gasteiger partial charge in [-0.15, -0.1) is 0 Å². The quantitative estimate of drug-likeness (QED) is 0.383. The van der Waals surface area contributed by atoms with Crippen LogP contribution in [0.1, 0.15) is 34.6 Å². The summed E-state index contributed by atoms with van der Waals surface area (Å²) in [6.45, 7) is 11.0. The predicted molar refractivity (Wildman–Crippen MR) is 47.1 cm³/mol. The average molecular weight is 1790 g/mol. The van der Waals surface area contributed by atoms with Gasteiger partial charge < -0.3 is 0 Å². The average Bonchev–Trinajstić information content (AvgIpc) is 1.88. The van der Waals surface area contributed by atoms with Crippen molar-refractivity contribution in [3.63, 3.8) is 0 Å². The van der Waals surface area contributed by atoms with E-state index in [1.807, 2.05) is 6.92 Å². The van der Waals surface area contributed by atoms with Crippen LogP contribution in [0.2, 0.25) is 0 Å². The van der Waals surface area contributed by atoms with Crippen molar-refractivity contribution in [2.75, 3.05) is 0 Å².